The van der Waals surface area contributed by atoms with E-state index < -0.39 is 0 Å². The summed E-state index contributed by atoms with van der Waals surface area (Å²) in [6.45, 7) is 1.81. The lowest BCUT2D eigenvalue weighted by atomic mass is 10.1. The second kappa shape index (κ2) is 2.85. The normalized spacial score (nSPS) is 11.0. The minimum absolute atomic E-state index is 0.0897. The average molecular weight is 179 g/mol. The molecule has 2 nitrogen and oxygen atoms in total. The molecule has 0 radical (unpaired) electrons. The smallest absolute Gasteiger partial charge is 0.132 e. The predicted molar refractivity (Wildman–Crippen MR) is 48.9 cm³/mol. The van der Waals surface area contributed by atoms with Crippen molar-refractivity contribution in [3.8, 4) is 0 Å². The Bertz CT molecular complexity index is 408. The first-order valence-corrected chi connectivity index (χ1v) is 4.10. The molecule has 1 aromatic carbocycles. The number of aliphatic hydroxyl groups is 1. The highest BCUT2D eigenvalue weighted by Gasteiger charge is 2.06. The van der Waals surface area contributed by atoms with E-state index in [0.29, 0.717) is 11.1 Å². The first-order valence-electron chi connectivity index (χ1n) is 4.10. The third kappa shape index (κ3) is 1.21. The molecule has 0 spiro atoms. The molecule has 1 heterocycles. The van der Waals surface area contributed by atoms with E-state index in [0.717, 1.165) is 11.1 Å². The molecule has 0 fully saturated rings. The lowest BCUT2D eigenvalue weighted by Crippen LogP contribution is -1.81. The van der Waals surface area contributed by atoms with Crippen molar-refractivity contribution in [2.45, 2.75) is 13.5 Å². The van der Waals surface area contributed by atoms with Gasteiger partial charge in [0.15, 0.2) is 0 Å². The van der Waals surface area contributed by atoms with Crippen LogP contribution in [-0.2, 0) is 6.61 Å². The molecular formula is C10H10FNO. The SMILES string of the molecule is Cc1ccc(F)c2cc(CO)[nH]c12. The van der Waals surface area contributed by atoms with Gasteiger partial charge in [-0.05, 0) is 24.6 Å². The number of aliphatic hydroxyl groups excluding tert-OH is 1. The van der Waals surface area contributed by atoms with Gasteiger partial charge in [0, 0.05) is 11.1 Å². The van der Waals surface area contributed by atoms with E-state index >= 15 is 0 Å². The van der Waals surface area contributed by atoms with Crippen LogP contribution in [0, 0.1) is 12.7 Å². The third-order valence-electron chi connectivity index (χ3n) is 2.18. The monoisotopic (exact) mass is 179 g/mol. The Morgan fingerprint density at radius 1 is 1.46 bits per heavy atom. The van der Waals surface area contributed by atoms with Gasteiger partial charge in [0.1, 0.15) is 5.82 Å². The first kappa shape index (κ1) is 8.26. The molecular weight excluding hydrogens is 169 g/mol. The zero-order valence-electron chi connectivity index (χ0n) is 7.26. The van der Waals surface area contributed by atoms with E-state index in [1.165, 1.54) is 6.07 Å². The summed E-state index contributed by atoms with van der Waals surface area (Å²) < 4.78 is 13.2. The summed E-state index contributed by atoms with van der Waals surface area (Å²) in [4.78, 5) is 2.96. The van der Waals surface area contributed by atoms with Crippen LogP contribution in [0.15, 0.2) is 18.2 Å². The molecule has 0 aliphatic heterocycles. The molecule has 0 amide bonds. The third-order valence-corrected chi connectivity index (χ3v) is 2.18. The topological polar surface area (TPSA) is 36.0 Å². The zero-order valence-corrected chi connectivity index (χ0v) is 7.26. The molecule has 0 bridgehead atoms. The second-order valence-corrected chi connectivity index (χ2v) is 3.11. The number of hydrogen-bond donors (Lipinski definition) is 2. The van der Waals surface area contributed by atoms with Gasteiger partial charge in [-0.15, -0.1) is 0 Å². The Balaban J connectivity index is 2.80. The van der Waals surface area contributed by atoms with Gasteiger partial charge < -0.3 is 10.1 Å². The fraction of sp³-hybridized carbons (Fsp3) is 0.200. The van der Waals surface area contributed by atoms with Crippen molar-refractivity contribution in [3.63, 3.8) is 0 Å². The Kier molecular flexibility index (Phi) is 1.81. The van der Waals surface area contributed by atoms with E-state index in [1.807, 2.05) is 6.92 Å². The van der Waals surface area contributed by atoms with Crippen molar-refractivity contribution in [2.75, 3.05) is 0 Å². The summed E-state index contributed by atoms with van der Waals surface area (Å²) in [6, 6.07) is 4.79. The van der Waals surface area contributed by atoms with Crippen LogP contribution in [0.5, 0.6) is 0 Å². The lowest BCUT2D eigenvalue weighted by molar-refractivity contribution is 0.278. The molecule has 3 heteroatoms. The molecule has 0 atom stereocenters. The molecule has 13 heavy (non-hydrogen) atoms. The number of hydrogen-bond acceptors (Lipinski definition) is 1. The van der Waals surface area contributed by atoms with Gasteiger partial charge in [-0.25, -0.2) is 4.39 Å². The van der Waals surface area contributed by atoms with Crippen molar-refractivity contribution in [2.24, 2.45) is 0 Å². The highest BCUT2D eigenvalue weighted by Crippen LogP contribution is 2.21. The molecule has 0 aliphatic carbocycles. The molecule has 0 unspecified atom stereocenters. The summed E-state index contributed by atoms with van der Waals surface area (Å²) in [6.07, 6.45) is 0. The molecule has 0 saturated heterocycles. The van der Waals surface area contributed by atoms with E-state index in [1.54, 1.807) is 12.1 Å². The molecule has 2 rings (SSSR count). The van der Waals surface area contributed by atoms with Crippen LogP contribution in [-0.4, -0.2) is 10.1 Å². The number of fused-ring (bicyclic) bond motifs is 1. The summed E-state index contributed by atoms with van der Waals surface area (Å²) in [5, 5.41) is 9.41. The number of nitrogens with one attached hydrogen (secondary N) is 1. The maximum absolute atomic E-state index is 13.2. The van der Waals surface area contributed by atoms with Crippen molar-refractivity contribution in [1.29, 1.82) is 0 Å². The maximum atomic E-state index is 13.2. The number of aromatic nitrogens is 1. The van der Waals surface area contributed by atoms with E-state index in [4.69, 9.17) is 5.11 Å². The van der Waals surface area contributed by atoms with Crippen LogP contribution in [0.2, 0.25) is 0 Å². The summed E-state index contributed by atoms with van der Waals surface area (Å²) in [5.74, 6) is -0.253. The van der Waals surface area contributed by atoms with Gasteiger partial charge in [0.05, 0.1) is 12.1 Å². The quantitative estimate of drug-likeness (QED) is 0.691. The molecule has 0 saturated carbocycles. The summed E-state index contributed by atoms with van der Waals surface area (Å²) >= 11 is 0. The minimum Gasteiger partial charge on any atom is -0.390 e. The summed E-state index contributed by atoms with van der Waals surface area (Å²) in [5.41, 5.74) is 2.39. The average Bonchev–Trinajstić information content (AvgIpc) is 2.56. The summed E-state index contributed by atoms with van der Waals surface area (Å²) in [7, 11) is 0. The molecule has 2 aromatic rings. The fourth-order valence-corrected chi connectivity index (χ4v) is 1.47. The number of rotatable bonds is 1. The van der Waals surface area contributed by atoms with Crippen LogP contribution in [0.4, 0.5) is 4.39 Å². The van der Waals surface area contributed by atoms with Gasteiger partial charge in [-0.2, -0.15) is 0 Å². The van der Waals surface area contributed by atoms with Gasteiger partial charge >= 0.3 is 0 Å². The van der Waals surface area contributed by atoms with Crippen LogP contribution in [0.3, 0.4) is 0 Å². The molecule has 68 valence electrons. The number of aryl methyl sites for hydroxylation is 1. The van der Waals surface area contributed by atoms with Crippen LogP contribution in [0.25, 0.3) is 10.9 Å². The van der Waals surface area contributed by atoms with E-state index in [-0.39, 0.29) is 12.4 Å². The highest BCUT2D eigenvalue weighted by molar-refractivity contribution is 5.83. The zero-order chi connectivity index (χ0) is 9.42. The number of H-pyrrole nitrogens is 1. The van der Waals surface area contributed by atoms with Crippen molar-refractivity contribution in [1.82, 2.24) is 4.98 Å². The lowest BCUT2D eigenvalue weighted by Gasteiger charge is -1.95. The van der Waals surface area contributed by atoms with Crippen LogP contribution in [0.1, 0.15) is 11.3 Å². The van der Waals surface area contributed by atoms with Crippen molar-refractivity contribution in [3.05, 3.63) is 35.3 Å². The van der Waals surface area contributed by atoms with E-state index in [2.05, 4.69) is 4.98 Å². The number of halogens is 1. The minimum atomic E-state index is -0.253. The van der Waals surface area contributed by atoms with Gasteiger partial charge in [-0.1, -0.05) is 6.07 Å². The molecule has 1 aromatic heterocycles. The first-order chi connectivity index (χ1) is 6.22. The number of aromatic amines is 1. The number of benzene rings is 1. The Hall–Kier alpha value is -1.35. The Morgan fingerprint density at radius 2 is 2.23 bits per heavy atom. The standard InChI is InChI=1S/C10H10FNO/c1-6-2-3-9(11)8-4-7(5-13)12-10(6)8/h2-4,12-13H,5H2,1H3. The molecule has 0 aliphatic rings. The van der Waals surface area contributed by atoms with Crippen LogP contribution >= 0.6 is 0 Å². The highest BCUT2D eigenvalue weighted by atomic mass is 19.1. The van der Waals surface area contributed by atoms with Gasteiger partial charge in [0.2, 0.25) is 0 Å². The Labute approximate surface area is 75.0 Å². The van der Waals surface area contributed by atoms with Crippen molar-refractivity contribution >= 4 is 10.9 Å². The van der Waals surface area contributed by atoms with E-state index in [9.17, 15) is 4.39 Å². The molecule has 2 N–H and O–H groups in total. The van der Waals surface area contributed by atoms with Crippen molar-refractivity contribution < 1.29 is 9.50 Å². The van der Waals surface area contributed by atoms with Gasteiger partial charge in [-0.3, -0.25) is 0 Å². The van der Waals surface area contributed by atoms with Crippen LogP contribution < -0.4 is 0 Å². The maximum Gasteiger partial charge on any atom is 0.132 e. The van der Waals surface area contributed by atoms with Gasteiger partial charge in [0.25, 0.3) is 0 Å². The second-order valence-electron chi connectivity index (χ2n) is 3.11. The Morgan fingerprint density at radius 3 is 2.85 bits per heavy atom. The fourth-order valence-electron chi connectivity index (χ4n) is 1.47. The predicted octanol–water partition coefficient (Wildman–Crippen LogP) is 2.11. The largest absolute Gasteiger partial charge is 0.390 e.